The van der Waals surface area contributed by atoms with Crippen molar-refractivity contribution in [2.45, 2.75) is 45.4 Å². The number of amides is 1. The monoisotopic (exact) mass is 277 g/mol. The fraction of sp³-hybridized carbons (Fsp3) is 0.625. The molecule has 0 aromatic carbocycles. The molecule has 0 aliphatic carbocycles. The van der Waals surface area contributed by atoms with Gasteiger partial charge < -0.3 is 11.1 Å². The number of pyridine rings is 1. The average Bonchev–Trinajstić information content (AvgIpc) is 2.46. The van der Waals surface area contributed by atoms with Gasteiger partial charge in [0.25, 0.3) is 0 Å². The van der Waals surface area contributed by atoms with Crippen LogP contribution in [0.3, 0.4) is 0 Å². The first-order valence-electron chi connectivity index (χ1n) is 7.62. The molecule has 0 saturated heterocycles. The van der Waals surface area contributed by atoms with Gasteiger partial charge in [-0.05, 0) is 43.4 Å². The first kappa shape index (κ1) is 16.6. The molecule has 112 valence electrons. The lowest BCUT2D eigenvalue weighted by Crippen LogP contribution is -2.26. The number of rotatable bonds is 10. The van der Waals surface area contributed by atoms with Gasteiger partial charge in [-0.1, -0.05) is 25.8 Å². The highest BCUT2D eigenvalue weighted by Crippen LogP contribution is 2.16. The number of hydrogen-bond acceptors (Lipinski definition) is 3. The van der Waals surface area contributed by atoms with Crippen LogP contribution in [0.25, 0.3) is 0 Å². The van der Waals surface area contributed by atoms with Crippen molar-refractivity contribution in [3.05, 3.63) is 30.1 Å². The molecule has 0 saturated carbocycles. The molecule has 1 atom stereocenters. The Kier molecular flexibility index (Phi) is 8.63. The summed E-state index contributed by atoms with van der Waals surface area (Å²) in [6.07, 6.45) is 9.34. The van der Waals surface area contributed by atoms with Crippen LogP contribution in [0, 0.1) is 5.92 Å². The van der Waals surface area contributed by atoms with E-state index in [0.29, 0.717) is 25.4 Å². The van der Waals surface area contributed by atoms with Crippen molar-refractivity contribution in [2.75, 3.05) is 13.1 Å². The van der Waals surface area contributed by atoms with E-state index in [1.165, 1.54) is 6.42 Å². The number of carbonyl (C=O) groups is 1. The summed E-state index contributed by atoms with van der Waals surface area (Å²) in [6.45, 7) is 3.57. The summed E-state index contributed by atoms with van der Waals surface area (Å²) in [7, 11) is 0. The molecule has 1 amide bonds. The molecular weight excluding hydrogens is 250 g/mol. The van der Waals surface area contributed by atoms with Gasteiger partial charge in [0, 0.05) is 25.4 Å². The predicted octanol–water partition coefficient (Wildman–Crippen LogP) is 2.29. The number of hydrogen-bond donors (Lipinski definition) is 2. The summed E-state index contributed by atoms with van der Waals surface area (Å²) in [5.41, 5.74) is 6.76. The quantitative estimate of drug-likeness (QED) is 0.689. The Balaban J connectivity index is 2.16. The minimum Gasteiger partial charge on any atom is -0.356 e. The van der Waals surface area contributed by atoms with Gasteiger partial charge in [-0.25, -0.2) is 0 Å². The largest absolute Gasteiger partial charge is 0.356 e. The molecule has 0 fully saturated rings. The van der Waals surface area contributed by atoms with E-state index in [1.54, 1.807) is 6.20 Å². The standard InChI is InChI=1S/C16H27N3O/c1-2-4-14(8-10-17)6-7-16(20)19-12-9-15-5-3-11-18-13-15/h3,5,11,13-14H,2,4,6-10,12,17H2,1H3,(H,19,20). The van der Waals surface area contributed by atoms with Crippen LogP contribution < -0.4 is 11.1 Å². The summed E-state index contributed by atoms with van der Waals surface area (Å²) in [4.78, 5) is 15.8. The lowest BCUT2D eigenvalue weighted by atomic mass is 9.94. The van der Waals surface area contributed by atoms with E-state index >= 15 is 0 Å². The smallest absolute Gasteiger partial charge is 0.220 e. The highest BCUT2D eigenvalue weighted by atomic mass is 16.1. The minimum atomic E-state index is 0.145. The van der Waals surface area contributed by atoms with E-state index in [1.807, 2.05) is 18.3 Å². The van der Waals surface area contributed by atoms with E-state index in [9.17, 15) is 4.79 Å². The minimum absolute atomic E-state index is 0.145. The molecule has 1 aromatic rings. The number of nitrogens with two attached hydrogens (primary N) is 1. The van der Waals surface area contributed by atoms with Crippen molar-refractivity contribution < 1.29 is 4.79 Å². The van der Waals surface area contributed by atoms with Crippen LogP contribution >= 0.6 is 0 Å². The van der Waals surface area contributed by atoms with Gasteiger partial charge in [-0.3, -0.25) is 9.78 Å². The Hall–Kier alpha value is -1.42. The van der Waals surface area contributed by atoms with Gasteiger partial charge in [0.2, 0.25) is 5.91 Å². The molecule has 0 bridgehead atoms. The number of carbonyl (C=O) groups excluding carboxylic acids is 1. The molecular formula is C16H27N3O. The molecule has 1 aromatic heterocycles. The van der Waals surface area contributed by atoms with Gasteiger partial charge in [0.15, 0.2) is 0 Å². The Labute approximate surface area is 122 Å². The van der Waals surface area contributed by atoms with Crippen LogP contribution in [0.5, 0.6) is 0 Å². The highest BCUT2D eigenvalue weighted by Gasteiger charge is 2.09. The second kappa shape index (κ2) is 10.4. The molecule has 1 unspecified atom stereocenters. The van der Waals surface area contributed by atoms with Crippen molar-refractivity contribution in [3.63, 3.8) is 0 Å². The van der Waals surface area contributed by atoms with Crippen molar-refractivity contribution >= 4 is 5.91 Å². The Bertz CT molecular complexity index is 361. The van der Waals surface area contributed by atoms with E-state index in [2.05, 4.69) is 17.2 Å². The fourth-order valence-corrected chi connectivity index (χ4v) is 2.39. The van der Waals surface area contributed by atoms with Crippen molar-refractivity contribution in [1.82, 2.24) is 10.3 Å². The summed E-state index contributed by atoms with van der Waals surface area (Å²) >= 11 is 0. The van der Waals surface area contributed by atoms with Crippen LogP contribution in [0.15, 0.2) is 24.5 Å². The lowest BCUT2D eigenvalue weighted by molar-refractivity contribution is -0.121. The summed E-state index contributed by atoms with van der Waals surface area (Å²) < 4.78 is 0. The van der Waals surface area contributed by atoms with E-state index < -0.39 is 0 Å². The third kappa shape index (κ3) is 7.24. The third-order valence-electron chi connectivity index (χ3n) is 3.51. The zero-order chi connectivity index (χ0) is 14.6. The summed E-state index contributed by atoms with van der Waals surface area (Å²) in [5, 5.41) is 2.97. The first-order valence-corrected chi connectivity index (χ1v) is 7.62. The molecule has 4 nitrogen and oxygen atoms in total. The molecule has 0 aliphatic rings. The van der Waals surface area contributed by atoms with Crippen LogP contribution in [-0.4, -0.2) is 24.0 Å². The molecule has 20 heavy (non-hydrogen) atoms. The lowest BCUT2D eigenvalue weighted by Gasteiger charge is -2.14. The van der Waals surface area contributed by atoms with Crippen molar-refractivity contribution in [1.29, 1.82) is 0 Å². The van der Waals surface area contributed by atoms with Gasteiger partial charge >= 0.3 is 0 Å². The fourth-order valence-electron chi connectivity index (χ4n) is 2.39. The first-order chi connectivity index (χ1) is 9.76. The second-order valence-corrected chi connectivity index (χ2v) is 5.23. The van der Waals surface area contributed by atoms with Crippen LogP contribution in [0.1, 0.15) is 44.6 Å². The number of nitrogens with zero attached hydrogens (tertiary/aromatic N) is 1. The molecule has 4 heteroatoms. The maximum absolute atomic E-state index is 11.8. The zero-order valence-corrected chi connectivity index (χ0v) is 12.5. The molecule has 0 spiro atoms. The number of nitrogens with one attached hydrogen (secondary N) is 1. The molecule has 0 radical (unpaired) electrons. The second-order valence-electron chi connectivity index (χ2n) is 5.23. The van der Waals surface area contributed by atoms with Gasteiger partial charge in [-0.15, -0.1) is 0 Å². The zero-order valence-electron chi connectivity index (χ0n) is 12.5. The SMILES string of the molecule is CCCC(CCN)CCC(=O)NCCc1cccnc1. The van der Waals surface area contributed by atoms with Crippen LogP contribution in [-0.2, 0) is 11.2 Å². The third-order valence-corrected chi connectivity index (χ3v) is 3.51. The highest BCUT2D eigenvalue weighted by molar-refractivity contribution is 5.75. The normalized spacial score (nSPS) is 12.1. The van der Waals surface area contributed by atoms with Gasteiger partial charge in [0.1, 0.15) is 0 Å². The maximum atomic E-state index is 11.8. The van der Waals surface area contributed by atoms with Gasteiger partial charge in [0.05, 0.1) is 0 Å². The number of aromatic nitrogens is 1. The van der Waals surface area contributed by atoms with E-state index in [4.69, 9.17) is 5.73 Å². The van der Waals surface area contributed by atoms with Gasteiger partial charge in [-0.2, -0.15) is 0 Å². The van der Waals surface area contributed by atoms with Crippen LogP contribution in [0.4, 0.5) is 0 Å². The van der Waals surface area contributed by atoms with E-state index in [-0.39, 0.29) is 5.91 Å². The topological polar surface area (TPSA) is 68.0 Å². The molecule has 0 aliphatic heterocycles. The summed E-state index contributed by atoms with van der Waals surface area (Å²) in [6, 6.07) is 3.94. The van der Waals surface area contributed by atoms with Crippen molar-refractivity contribution in [2.24, 2.45) is 11.7 Å². The maximum Gasteiger partial charge on any atom is 0.220 e. The average molecular weight is 277 g/mol. The van der Waals surface area contributed by atoms with E-state index in [0.717, 1.165) is 31.2 Å². The summed E-state index contributed by atoms with van der Waals surface area (Å²) in [5.74, 6) is 0.737. The Morgan fingerprint density at radius 1 is 1.40 bits per heavy atom. The predicted molar refractivity (Wildman–Crippen MR) is 82.3 cm³/mol. The molecule has 1 heterocycles. The van der Waals surface area contributed by atoms with Crippen LogP contribution in [0.2, 0.25) is 0 Å². The Morgan fingerprint density at radius 2 is 2.25 bits per heavy atom. The van der Waals surface area contributed by atoms with Crippen molar-refractivity contribution in [3.8, 4) is 0 Å². The molecule has 1 rings (SSSR count). The Morgan fingerprint density at radius 3 is 2.90 bits per heavy atom. The molecule has 3 N–H and O–H groups in total.